The number of hydrogen-bond donors (Lipinski definition) is 1. The lowest BCUT2D eigenvalue weighted by atomic mass is 9.97. The molecule has 1 rings (SSSR count). The maximum Gasteiger partial charge on any atom is 0.0238 e. The smallest absolute Gasteiger partial charge is 0.0238 e. The highest BCUT2D eigenvalue weighted by Crippen LogP contribution is 2.20. The number of nitrogens with zero attached hydrogens (tertiary/aromatic N) is 1. The summed E-state index contributed by atoms with van der Waals surface area (Å²) < 4.78 is 0. The van der Waals surface area contributed by atoms with Crippen molar-refractivity contribution >= 4 is 0 Å². The van der Waals surface area contributed by atoms with E-state index in [-0.39, 0.29) is 5.54 Å². The molecular formula is C16H28N2. The first-order valence-electron chi connectivity index (χ1n) is 6.94. The van der Waals surface area contributed by atoms with E-state index in [0.717, 1.165) is 19.5 Å². The van der Waals surface area contributed by atoms with Gasteiger partial charge in [0.15, 0.2) is 0 Å². The van der Waals surface area contributed by atoms with Gasteiger partial charge in [0.05, 0.1) is 0 Å². The van der Waals surface area contributed by atoms with Crippen molar-refractivity contribution in [1.82, 2.24) is 10.2 Å². The van der Waals surface area contributed by atoms with Crippen molar-refractivity contribution < 1.29 is 0 Å². The predicted molar refractivity (Wildman–Crippen MR) is 79.9 cm³/mol. The maximum absolute atomic E-state index is 3.22. The van der Waals surface area contributed by atoms with Gasteiger partial charge in [0, 0.05) is 12.1 Å². The minimum Gasteiger partial charge on any atom is -0.319 e. The lowest BCUT2D eigenvalue weighted by molar-refractivity contribution is 0.142. The topological polar surface area (TPSA) is 15.3 Å². The van der Waals surface area contributed by atoms with Crippen LogP contribution in [0.2, 0.25) is 0 Å². The Balaban J connectivity index is 2.77. The molecule has 0 aliphatic carbocycles. The summed E-state index contributed by atoms with van der Waals surface area (Å²) in [5, 5.41) is 3.22. The van der Waals surface area contributed by atoms with Crippen LogP contribution >= 0.6 is 0 Å². The zero-order valence-corrected chi connectivity index (χ0v) is 12.6. The lowest BCUT2D eigenvalue weighted by Gasteiger charge is -2.35. The molecule has 0 fully saturated rings. The van der Waals surface area contributed by atoms with E-state index in [1.54, 1.807) is 0 Å². The van der Waals surface area contributed by atoms with E-state index in [2.05, 4.69) is 62.3 Å². The summed E-state index contributed by atoms with van der Waals surface area (Å²) in [6.45, 7) is 8.94. The zero-order chi connectivity index (χ0) is 13.6. The van der Waals surface area contributed by atoms with Crippen LogP contribution in [0.4, 0.5) is 0 Å². The highest BCUT2D eigenvalue weighted by molar-refractivity contribution is 5.27. The third-order valence-corrected chi connectivity index (χ3v) is 4.07. The second-order valence-corrected chi connectivity index (χ2v) is 5.64. The van der Waals surface area contributed by atoms with Crippen molar-refractivity contribution in [3.8, 4) is 0 Å². The van der Waals surface area contributed by atoms with E-state index < -0.39 is 0 Å². The van der Waals surface area contributed by atoms with Gasteiger partial charge in [-0.25, -0.2) is 0 Å². The Morgan fingerprint density at radius 2 is 1.78 bits per heavy atom. The Kier molecular flexibility index (Phi) is 5.83. The van der Waals surface area contributed by atoms with E-state index in [4.69, 9.17) is 0 Å². The molecule has 0 atom stereocenters. The number of rotatable bonds is 7. The quantitative estimate of drug-likeness (QED) is 0.798. The molecule has 0 aliphatic rings. The maximum atomic E-state index is 3.22. The van der Waals surface area contributed by atoms with Crippen LogP contribution in [0.1, 0.15) is 38.3 Å². The molecule has 0 aliphatic heterocycles. The van der Waals surface area contributed by atoms with Crippen LogP contribution in [-0.4, -0.2) is 31.1 Å². The standard InChI is InChI=1S/C16H28N2/c1-6-16(2,3)18(5)13-15-10-8-7-9-14(15)11-12-17-4/h7-10,17H,6,11-13H2,1-5H3. The molecule has 0 aromatic heterocycles. The first-order chi connectivity index (χ1) is 8.51. The molecule has 0 heterocycles. The van der Waals surface area contributed by atoms with Gasteiger partial charge in [-0.15, -0.1) is 0 Å². The Morgan fingerprint density at radius 3 is 2.33 bits per heavy atom. The second-order valence-electron chi connectivity index (χ2n) is 5.64. The monoisotopic (exact) mass is 248 g/mol. The molecule has 1 aromatic carbocycles. The summed E-state index contributed by atoms with van der Waals surface area (Å²) in [7, 11) is 4.23. The molecule has 0 amide bonds. The van der Waals surface area contributed by atoms with E-state index in [9.17, 15) is 0 Å². The molecule has 1 N–H and O–H groups in total. The van der Waals surface area contributed by atoms with Gasteiger partial charge in [-0.1, -0.05) is 31.2 Å². The molecule has 0 radical (unpaired) electrons. The molecule has 0 spiro atoms. The van der Waals surface area contributed by atoms with E-state index in [0.29, 0.717) is 0 Å². The average molecular weight is 248 g/mol. The zero-order valence-electron chi connectivity index (χ0n) is 12.6. The Labute approximate surface area is 112 Å². The molecule has 1 aromatic rings. The van der Waals surface area contributed by atoms with Gasteiger partial charge >= 0.3 is 0 Å². The fraction of sp³-hybridized carbons (Fsp3) is 0.625. The average Bonchev–Trinajstić information content (AvgIpc) is 2.37. The van der Waals surface area contributed by atoms with Crippen molar-refractivity contribution in [2.75, 3.05) is 20.6 Å². The second kappa shape index (κ2) is 6.91. The Hall–Kier alpha value is -0.860. The molecular weight excluding hydrogens is 220 g/mol. The molecule has 0 saturated carbocycles. The van der Waals surface area contributed by atoms with Gasteiger partial charge in [-0.2, -0.15) is 0 Å². The van der Waals surface area contributed by atoms with Crippen LogP contribution < -0.4 is 5.32 Å². The number of benzene rings is 1. The molecule has 2 nitrogen and oxygen atoms in total. The fourth-order valence-corrected chi connectivity index (χ4v) is 1.95. The predicted octanol–water partition coefficient (Wildman–Crippen LogP) is 3.07. The lowest BCUT2D eigenvalue weighted by Crippen LogP contribution is -2.40. The Bertz CT molecular complexity index is 358. The molecule has 0 unspecified atom stereocenters. The van der Waals surface area contributed by atoms with Gasteiger partial charge in [-0.05, 0) is 58.5 Å². The van der Waals surface area contributed by atoms with Crippen LogP contribution in [0.15, 0.2) is 24.3 Å². The minimum atomic E-state index is 0.260. The van der Waals surface area contributed by atoms with Crippen LogP contribution in [0.3, 0.4) is 0 Å². The van der Waals surface area contributed by atoms with Gasteiger partial charge in [-0.3, -0.25) is 4.90 Å². The summed E-state index contributed by atoms with van der Waals surface area (Å²) in [6.07, 6.45) is 2.27. The van der Waals surface area contributed by atoms with Crippen molar-refractivity contribution in [3.63, 3.8) is 0 Å². The summed E-state index contributed by atoms with van der Waals surface area (Å²) in [6, 6.07) is 8.79. The summed E-state index contributed by atoms with van der Waals surface area (Å²) >= 11 is 0. The first-order valence-corrected chi connectivity index (χ1v) is 6.94. The third kappa shape index (κ3) is 4.11. The molecule has 2 heteroatoms. The van der Waals surface area contributed by atoms with Crippen LogP contribution in [0.25, 0.3) is 0 Å². The van der Waals surface area contributed by atoms with Gasteiger partial charge < -0.3 is 5.32 Å². The van der Waals surface area contributed by atoms with Crippen molar-refractivity contribution in [1.29, 1.82) is 0 Å². The highest BCUT2D eigenvalue weighted by Gasteiger charge is 2.21. The van der Waals surface area contributed by atoms with Crippen molar-refractivity contribution in [2.45, 2.75) is 45.7 Å². The normalized spacial score (nSPS) is 12.1. The van der Waals surface area contributed by atoms with Gasteiger partial charge in [0.1, 0.15) is 0 Å². The Morgan fingerprint density at radius 1 is 1.17 bits per heavy atom. The van der Waals surface area contributed by atoms with Crippen LogP contribution in [0.5, 0.6) is 0 Å². The van der Waals surface area contributed by atoms with E-state index >= 15 is 0 Å². The van der Waals surface area contributed by atoms with Crippen molar-refractivity contribution in [2.24, 2.45) is 0 Å². The summed E-state index contributed by atoms with van der Waals surface area (Å²) in [4.78, 5) is 2.45. The third-order valence-electron chi connectivity index (χ3n) is 4.07. The highest BCUT2D eigenvalue weighted by atomic mass is 15.2. The largest absolute Gasteiger partial charge is 0.319 e. The van der Waals surface area contributed by atoms with Crippen LogP contribution in [-0.2, 0) is 13.0 Å². The first kappa shape index (κ1) is 15.2. The molecule has 0 bridgehead atoms. The van der Waals surface area contributed by atoms with E-state index in [1.807, 2.05) is 7.05 Å². The van der Waals surface area contributed by atoms with Crippen molar-refractivity contribution in [3.05, 3.63) is 35.4 Å². The van der Waals surface area contributed by atoms with Crippen LogP contribution in [0, 0.1) is 0 Å². The number of hydrogen-bond acceptors (Lipinski definition) is 2. The SMILES string of the molecule is CCC(C)(C)N(C)Cc1ccccc1CCNC. The molecule has 0 saturated heterocycles. The van der Waals surface area contributed by atoms with Gasteiger partial charge in [0.25, 0.3) is 0 Å². The number of likely N-dealkylation sites (N-methyl/N-ethyl adjacent to an activating group) is 1. The number of nitrogens with one attached hydrogen (secondary N) is 1. The molecule has 102 valence electrons. The fourth-order valence-electron chi connectivity index (χ4n) is 1.95. The summed E-state index contributed by atoms with van der Waals surface area (Å²) in [5.41, 5.74) is 3.18. The molecule has 18 heavy (non-hydrogen) atoms. The minimum absolute atomic E-state index is 0.260. The van der Waals surface area contributed by atoms with Gasteiger partial charge in [0.2, 0.25) is 0 Å². The van der Waals surface area contributed by atoms with E-state index in [1.165, 1.54) is 17.5 Å². The summed E-state index contributed by atoms with van der Waals surface area (Å²) in [5.74, 6) is 0.